The molecule has 0 radical (unpaired) electrons. The summed E-state index contributed by atoms with van der Waals surface area (Å²) in [5.41, 5.74) is 1.01. The Morgan fingerprint density at radius 3 is 2.35 bits per heavy atom. The molecule has 9 atom stereocenters. The van der Waals surface area contributed by atoms with Gasteiger partial charge in [0, 0.05) is 13.0 Å². The molecule has 0 aromatic rings. The predicted molar refractivity (Wildman–Crippen MR) is 128 cm³/mol. The summed E-state index contributed by atoms with van der Waals surface area (Å²) in [4.78, 5) is 10.8. The van der Waals surface area contributed by atoms with Gasteiger partial charge >= 0.3 is 0 Å². The van der Waals surface area contributed by atoms with Crippen molar-refractivity contribution in [3.63, 3.8) is 0 Å². The Balaban J connectivity index is 0.000000491. The van der Waals surface area contributed by atoms with Gasteiger partial charge in [-0.05, 0) is 117 Å². The first-order valence-corrected chi connectivity index (χ1v) is 13.5. The van der Waals surface area contributed by atoms with Gasteiger partial charge < -0.3 is 15.0 Å². The fraction of sp³-hybridized carbons (Fsp3) is 0.964. The number of aliphatic hydroxyl groups excluding tert-OH is 2. The van der Waals surface area contributed by atoms with Crippen molar-refractivity contribution in [2.75, 3.05) is 6.61 Å². The minimum Gasteiger partial charge on any atom is -0.396 e. The molecule has 2 N–H and O–H groups in total. The Morgan fingerprint density at radius 2 is 1.71 bits per heavy atom. The van der Waals surface area contributed by atoms with Crippen LogP contribution >= 0.6 is 0 Å². The quantitative estimate of drug-likeness (QED) is 0.476. The number of hydrogen-bond acceptors (Lipinski definition) is 3. The lowest BCUT2D eigenvalue weighted by atomic mass is 9.44. The van der Waals surface area contributed by atoms with E-state index in [2.05, 4.69) is 27.7 Å². The van der Waals surface area contributed by atoms with Crippen LogP contribution in [-0.2, 0) is 4.79 Å². The first-order valence-electron chi connectivity index (χ1n) is 13.5. The number of unbranched alkanes of at least 4 members (excludes halogenated alkanes) is 1. The number of carbonyl (C=O) groups is 1. The third-order valence-electron chi connectivity index (χ3n) is 10.6. The Labute approximate surface area is 191 Å². The second-order valence-electron chi connectivity index (χ2n) is 12.1. The predicted octanol–water partition coefficient (Wildman–Crippen LogP) is 6.40. The van der Waals surface area contributed by atoms with Crippen molar-refractivity contribution in [1.29, 1.82) is 0 Å². The van der Waals surface area contributed by atoms with Crippen LogP contribution in [0.5, 0.6) is 0 Å². The third-order valence-corrected chi connectivity index (χ3v) is 10.6. The van der Waals surface area contributed by atoms with Gasteiger partial charge in [-0.3, -0.25) is 0 Å². The summed E-state index contributed by atoms with van der Waals surface area (Å²) in [6.45, 7) is 10.0. The van der Waals surface area contributed by atoms with Crippen LogP contribution in [-0.4, -0.2) is 29.2 Å². The molecular weight excluding hydrogens is 384 g/mol. The molecule has 0 heterocycles. The minimum absolute atomic E-state index is 0.0342. The van der Waals surface area contributed by atoms with Gasteiger partial charge in [-0.15, -0.1) is 0 Å². The van der Waals surface area contributed by atoms with Gasteiger partial charge in [0.05, 0.1) is 6.10 Å². The molecule has 3 heteroatoms. The van der Waals surface area contributed by atoms with E-state index in [-0.39, 0.29) is 6.10 Å². The van der Waals surface area contributed by atoms with Crippen molar-refractivity contribution in [2.24, 2.45) is 46.3 Å². The van der Waals surface area contributed by atoms with E-state index in [1.54, 1.807) is 0 Å². The average Bonchev–Trinajstić information content (AvgIpc) is 3.11. The lowest BCUT2D eigenvalue weighted by Gasteiger charge is -2.61. The van der Waals surface area contributed by atoms with Gasteiger partial charge in [-0.25, -0.2) is 0 Å². The largest absolute Gasteiger partial charge is 0.396 e. The SMILES string of the molecule is CCCCO.C[C@H](CCC=O)C1CCC2C3CCC4C[C@H](O)CCC4(C)C3CCC21C. The van der Waals surface area contributed by atoms with E-state index in [1.807, 2.05) is 0 Å². The van der Waals surface area contributed by atoms with Crippen LogP contribution in [0.2, 0.25) is 0 Å². The summed E-state index contributed by atoms with van der Waals surface area (Å²) < 4.78 is 0. The first kappa shape index (κ1) is 25.2. The van der Waals surface area contributed by atoms with Crippen LogP contribution in [0.1, 0.15) is 111 Å². The molecule has 0 amide bonds. The molecule has 0 bridgehead atoms. The van der Waals surface area contributed by atoms with Gasteiger partial charge in [-0.1, -0.05) is 34.1 Å². The van der Waals surface area contributed by atoms with E-state index < -0.39 is 0 Å². The van der Waals surface area contributed by atoms with Crippen molar-refractivity contribution in [3.8, 4) is 0 Å². The Morgan fingerprint density at radius 1 is 1.00 bits per heavy atom. The van der Waals surface area contributed by atoms with E-state index in [4.69, 9.17) is 5.11 Å². The zero-order valence-corrected chi connectivity index (χ0v) is 20.8. The number of rotatable bonds is 6. The molecule has 4 aliphatic carbocycles. The number of hydrogen-bond donors (Lipinski definition) is 2. The van der Waals surface area contributed by atoms with Gasteiger partial charge in [0.1, 0.15) is 6.29 Å². The van der Waals surface area contributed by atoms with E-state index in [1.165, 1.54) is 44.9 Å². The van der Waals surface area contributed by atoms with Crippen LogP contribution in [0.15, 0.2) is 0 Å². The fourth-order valence-electron chi connectivity index (χ4n) is 8.90. The molecular formula is C28H50O3. The lowest BCUT2D eigenvalue weighted by molar-refractivity contribution is -0.129. The van der Waals surface area contributed by atoms with E-state index in [0.29, 0.717) is 23.4 Å². The summed E-state index contributed by atoms with van der Waals surface area (Å²) in [6.07, 6.45) is 16.7. The fourth-order valence-corrected chi connectivity index (χ4v) is 8.90. The summed E-state index contributed by atoms with van der Waals surface area (Å²) in [5.74, 6) is 5.02. The molecule has 0 spiro atoms. The monoisotopic (exact) mass is 434 g/mol. The molecule has 4 aliphatic rings. The topological polar surface area (TPSA) is 57.5 Å². The van der Waals surface area contributed by atoms with Gasteiger partial charge in [0.25, 0.3) is 0 Å². The molecule has 0 aromatic heterocycles. The van der Waals surface area contributed by atoms with Gasteiger partial charge in [0.2, 0.25) is 0 Å². The summed E-state index contributed by atoms with van der Waals surface area (Å²) in [7, 11) is 0. The van der Waals surface area contributed by atoms with Crippen LogP contribution < -0.4 is 0 Å². The van der Waals surface area contributed by atoms with Crippen molar-refractivity contribution >= 4 is 6.29 Å². The molecule has 0 aliphatic heterocycles. The van der Waals surface area contributed by atoms with Gasteiger partial charge in [-0.2, -0.15) is 0 Å². The number of carbonyl (C=O) groups excluding carboxylic acids is 1. The lowest BCUT2D eigenvalue weighted by Crippen LogP contribution is -2.54. The van der Waals surface area contributed by atoms with E-state index in [9.17, 15) is 9.90 Å². The maximum Gasteiger partial charge on any atom is 0.120 e. The van der Waals surface area contributed by atoms with Crippen molar-refractivity contribution in [1.82, 2.24) is 0 Å². The van der Waals surface area contributed by atoms with Crippen LogP contribution in [0, 0.1) is 46.3 Å². The average molecular weight is 435 g/mol. The normalized spacial score (nSPS) is 44.8. The van der Waals surface area contributed by atoms with Crippen molar-refractivity contribution in [2.45, 2.75) is 117 Å². The highest BCUT2D eigenvalue weighted by molar-refractivity contribution is 5.49. The second-order valence-corrected chi connectivity index (χ2v) is 12.1. The van der Waals surface area contributed by atoms with Crippen LogP contribution in [0.25, 0.3) is 0 Å². The molecule has 180 valence electrons. The molecule has 4 saturated carbocycles. The third kappa shape index (κ3) is 4.93. The summed E-state index contributed by atoms with van der Waals surface area (Å²) >= 11 is 0. The standard InChI is InChI=1S/C24H40O2.C4H10O/c1-16(5-4-14-25)20-8-9-21-19-7-6-17-15-18(26)10-12-23(17,2)22(19)11-13-24(20,21)3;1-2-3-4-5/h14,16-22,26H,4-13,15H2,1-3H3;5H,2-4H2,1H3/t16-,17?,18-,19?,20?,21?,22?,23?,24?;/m1./s1. The molecule has 7 unspecified atom stereocenters. The Bertz CT molecular complexity index is 575. The highest BCUT2D eigenvalue weighted by atomic mass is 16.3. The molecule has 31 heavy (non-hydrogen) atoms. The second kappa shape index (κ2) is 10.7. The molecule has 0 aromatic carbocycles. The number of aliphatic hydroxyl groups is 2. The van der Waals surface area contributed by atoms with Crippen LogP contribution in [0.3, 0.4) is 0 Å². The summed E-state index contributed by atoms with van der Waals surface area (Å²) in [6, 6.07) is 0. The Hall–Kier alpha value is -0.410. The highest BCUT2D eigenvalue weighted by Crippen LogP contribution is 2.68. The minimum atomic E-state index is -0.0342. The highest BCUT2D eigenvalue weighted by Gasteiger charge is 2.60. The number of aldehydes is 1. The Kier molecular flexibility index (Phi) is 8.69. The maximum atomic E-state index is 10.8. The van der Waals surface area contributed by atoms with Crippen molar-refractivity contribution < 1.29 is 15.0 Å². The molecule has 0 saturated heterocycles. The molecule has 3 nitrogen and oxygen atoms in total. The zero-order chi connectivity index (χ0) is 22.6. The van der Waals surface area contributed by atoms with E-state index >= 15 is 0 Å². The summed E-state index contributed by atoms with van der Waals surface area (Å²) in [5, 5.41) is 18.3. The molecule has 4 rings (SSSR count). The van der Waals surface area contributed by atoms with Crippen molar-refractivity contribution in [3.05, 3.63) is 0 Å². The smallest absolute Gasteiger partial charge is 0.120 e. The first-order chi connectivity index (χ1) is 14.8. The van der Waals surface area contributed by atoms with E-state index in [0.717, 1.165) is 74.4 Å². The number of fused-ring (bicyclic) bond motifs is 5. The van der Waals surface area contributed by atoms with Crippen LogP contribution in [0.4, 0.5) is 0 Å². The zero-order valence-electron chi connectivity index (χ0n) is 20.8. The molecule has 4 fully saturated rings. The van der Waals surface area contributed by atoms with Gasteiger partial charge in [0.15, 0.2) is 0 Å². The maximum absolute atomic E-state index is 10.8.